The molecule has 1 atom stereocenters. The number of oxazole rings is 1. The summed E-state index contributed by atoms with van der Waals surface area (Å²) in [5, 5.41) is 4.39. The van der Waals surface area contributed by atoms with E-state index in [9.17, 15) is 14.0 Å². The molecule has 0 unspecified atom stereocenters. The summed E-state index contributed by atoms with van der Waals surface area (Å²) < 4.78 is 27.6. The van der Waals surface area contributed by atoms with Gasteiger partial charge in [-0.25, -0.2) is 9.18 Å². The Hall–Kier alpha value is -4.21. The highest BCUT2D eigenvalue weighted by atomic mass is 19.1. The molecule has 5 rings (SSSR count). The van der Waals surface area contributed by atoms with Crippen molar-refractivity contribution in [1.82, 2.24) is 19.3 Å². The molecule has 1 aliphatic rings. The van der Waals surface area contributed by atoms with Crippen molar-refractivity contribution in [3.8, 4) is 17.5 Å². The van der Waals surface area contributed by atoms with Gasteiger partial charge in [-0.15, -0.1) is 5.10 Å². The minimum atomic E-state index is -0.796. The molecule has 156 valence electrons. The SMILES string of the molecule is NC(=O)c1coc(Oc2ccc(-n3nc4n(c3=O)[C@H](c3ccccc3)CC4)cc2F)n1. The van der Waals surface area contributed by atoms with Crippen LogP contribution in [-0.4, -0.2) is 25.2 Å². The van der Waals surface area contributed by atoms with Gasteiger partial charge in [-0.2, -0.15) is 9.67 Å². The van der Waals surface area contributed by atoms with Gasteiger partial charge in [0.25, 0.3) is 5.91 Å². The maximum Gasteiger partial charge on any atom is 0.399 e. The Morgan fingerprint density at radius 2 is 2.03 bits per heavy atom. The van der Waals surface area contributed by atoms with E-state index in [4.69, 9.17) is 14.9 Å². The van der Waals surface area contributed by atoms with Crippen LogP contribution in [0.4, 0.5) is 4.39 Å². The highest BCUT2D eigenvalue weighted by molar-refractivity contribution is 5.90. The fourth-order valence-corrected chi connectivity index (χ4v) is 3.67. The van der Waals surface area contributed by atoms with Crippen LogP contribution in [0.25, 0.3) is 5.69 Å². The number of aryl methyl sites for hydroxylation is 1. The zero-order chi connectivity index (χ0) is 21.5. The lowest BCUT2D eigenvalue weighted by Crippen LogP contribution is -2.26. The van der Waals surface area contributed by atoms with E-state index in [0.29, 0.717) is 12.2 Å². The number of hydrogen-bond acceptors (Lipinski definition) is 6. The van der Waals surface area contributed by atoms with Gasteiger partial charge in [-0.3, -0.25) is 9.36 Å². The molecule has 10 heteroatoms. The van der Waals surface area contributed by atoms with Crippen LogP contribution in [0.1, 0.15) is 34.3 Å². The van der Waals surface area contributed by atoms with Crippen molar-refractivity contribution in [3.05, 3.63) is 88.2 Å². The summed E-state index contributed by atoms with van der Waals surface area (Å²) in [5.41, 5.74) is 5.90. The van der Waals surface area contributed by atoms with Gasteiger partial charge in [0.1, 0.15) is 12.1 Å². The molecule has 1 aliphatic heterocycles. The molecule has 0 spiro atoms. The van der Waals surface area contributed by atoms with E-state index in [1.165, 1.54) is 16.8 Å². The molecule has 0 fully saturated rings. The van der Waals surface area contributed by atoms with Crippen LogP contribution < -0.4 is 16.2 Å². The second-order valence-electron chi connectivity index (χ2n) is 7.03. The van der Waals surface area contributed by atoms with Gasteiger partial charge in [0.2, 0.25) is 0 Å². The molecule has 0 saturated heterocycles. The summed E-state index contributed by atoms with van der Waals surface area (Å²) in [4.78, 5) is 27.8. The summed E-state index contributed by atoms with van der Waals surface area (Å²) in [6, 6.07) is 13.6. The number of ether oxygens (including phenoxy) is 1. The first kappa shape index (κ1) is 18.8. The van der Waals surface area contributed by atoms with Crippen LogP contribution in [0.2, 0.25) is 0 Å². The number of fused-ring (bicyclic) bond motifs is 1. The number of primary amides is 1. The quantitative estimate of drug-likeness (QED) is 0.529. The number of hydrogen-bond donors (Lipinski definition) is 1. The number of nitrogens with zero attached hydrogens (tertiary/aromatic N) is 4. The molecule has 31 heavy (non-hydrogen) atoms. The number of rotatable bonds is 5. The van der Waals surface area contributed by atoms with E-state index >= 15 is 0 Å². The fraction of sp³-hybridized carbons (Fsp3) is 0.143. The molecule has 0 aliphatic carbocycles. The number of halogens is 1. The van der Waals surface area contributed by atoms with Crippen LogP contribution in [-0.2, 0) is 6.42 Å². The Labute approximate surface area is 174 Å². The first-order chi connectivity index (χ1) is 15.0. The minimum Gasteiger partial charge on any atom is -0.416 e. The lowest BCUT2D eigenvalue weighted by molar-refractivity contribution is 0.0995. The first-order valence-corrected chi connectivity index (χ1v) is 9.50. The van der Waals surface area contributed by atoms with E-state index in [2.05, 4.69) is 10.1 Å². The third kappa shape index (κ3) is 3.27. The number of amides is 1. The average molecular weight is 421 g/mol. The van der Waals surface area contributed by atoms with Gasteiger partial charge >= 0.3 is 11.8 Å². The van der Waals surface area contributed by atoms with Crippen molar-refractivity contribution in [3.63, 3.8) is 0 Å². The van der Waals surface area contributed by atoms with Crippen molar-refractivity contribution < 1.29 is 18.3 Å². The van der Waals surface area contributed by atoms with E-state index < -0.39 is 11.7 Å². The summed E-state index contributed by atoms with van der Waals surface area (Å²) in [5.74, 6) is -1.09. The molecule has 0 radical (unpaired) electrons. The van der Waals surface area contributed by atoms with Crippen molar-refractivity contribution in [1.29, 1.82) is 0 Å². The number of carbonyl (C=O) groups is 1. The largest absolute Gasteiger partial charge is 0.416 e. The average Bonchev–Trinajstić information content (AvgIpc) is 3.47. The lowest BCUT2D eigenvalue weighted by Gasteiger charge is -2.12. The van der Waals surface area contributed by atoms with Crippen LogP contribution in [0.5, 0.6) is 11.8 Å². The molecule has 2 aromatic heterocycles. The van der Waals surface area contributed by atoms with Crippen LogP contribution in [0.3, 0.4) is 0 Å². The molecular formula is C21H16FN5O4. The maximum atomic E-state index is 14.6. The molecular weight excluding hydrogens is 405 g/mol. The highest BCUT2D eigenvalue weighted by Crippen LogP contribution is 2.30. The lowest BCUT2D eigenvalue weighted by atomic mass is 10.1. The van der Waals surface area contributed by atoms with Gasteiger partial charge in [-0.1, -0.05) is 30.3 Å². The number of nitrogens with two attached hydrogens (primary N) is 1. The number of carbonyl (C=O) groups excluding carboxylic acids is 1. The van der Waals surface area contributed by atoms with Gasteiger partial charge in [0, 0.05) is 12.5 Å². The second kappa shape index (κ2) is 7.24. The third-order valence-electron chi connectivity index (χ3n) is 5.11. The van der Waals surface area contributed by atoms with E-state index in [1.807, 2.05) is 30.3 Å². The molecule has 1 amide bonds. The van der Waals surface area contributed by atoms with Gasteiger partial charge in [0.15, 0.2) is 17.3 Å². The molecule has 9 nitrogen and oxygen atoms in total. The zero-order valence-electron chi connectivity index (χ0n) is 16.1. The topological polar surface area (TPSA) is 118 Å². The van der Waals surface area contributed by atoms with Crippen molar-refractivity contribution in [2.24, 2.45) is 5.73 Å². The van der Waals surface area contributed by atoms with Crippen molar-refractivity contribution in [2.75, 3.05) is 0 Å². The first-order valence-electron chi connectivity index (χ1n) is 9.50. The van der Waals surface area contributed by atoms with Crippen LogP contribution in [0.15, 0.2) is 64.0 Å². The monoisotopic (exact) mass is 421 g/mol. The molecule has 2 aromatic carbocycles. The van der Waals surface area contributed by atoms with E-state index in [0.717, 1.165) is 24.3 Å². The summed E-state index contributed by atoms with van der Waals surface area (Å²) in [6.45, 7) is 0. The van der Waals surface area contributed by atoms with Crippen LogP contribution >= 0.6 is 0 Å². The smallest absolute Gasteiger partial charge is 0.399 e. The van der Waals surface area contributed by atoms with E-state index in [1.54, 1.807) is 4.57 Å². The standard InChI is InChI=1S/C21H16FN5O4/c22-14-10-13(6-8-17(14)31-20-24-15(11-30-20)19(23)28)27-21(29)26-16(7-9-18(26)25-27)12-4-2-1-3-5-12/h1-6,8,10-11,16H,7,9H2,(H2,23,28)/t16-/m0/s1. The Morgan fingerprint density at radius 3 is 2.74 bits per heavy atom. The molecule has 0 bridgehead atoms. The second-order valence-corrected chi connectivity index (χ2v) is 7.03. The normalized spacial score (nSPS) is 15.1. The third-order valence-corrected chi connectivity index (χ3v) is 5.11. The number of benzene rings is 2. The Morgan fingerprint density at radius 1 is 1.23 bits per heavy atom. The maximum absolute atomic E-state index is 14.6. The van der Waals surface area contributed by atoms with Crippen molar-refractivity contribution in [2.45, 2.75) is 18.9 Å². The minimum absolute atomic E-state index is 0.102. The Bertz CT molecular complexity index is 1340. The Balaban J connectivity index is 1.45. The zero-order valence-corrected chi connectivity index (χ0v) is 16.1. The highest BCUT2D eigenvalue weighted by Gasteiger charge is 2.29. The number of aromatic nitrogens is 4. The van der Waals surface area contributed by atoms with Gasteiger partial charge in [-0.05, 0) is 24.1 Å². The summed E-state index contributed by atoms with van der Waals surface area (Å²) >= 11 is 0. The molecule has 3 heterocycles. The van der Waals surface area contributed by atoms with Gasteiger partial charge in [0.05, 0.1) is 11.7 Å². The molecule has 4 aromatic rings. The van der Waals surface area contributed by atoms with Gasteiger partial charge < -0.3 is 14.9 Å². The molecule has 2 N–H and O–H groups in total. The summed E-state index contributed by atoms with van der Waals surface area (Å²) in [6.07, 6.45) is 2.12. The van der Waals surface area contributed by atoms with Crippen LogP contribution in [0, 0.1) is 5.82 Å². The Kier molecular flexibility index (Phi) is 4.39. The van der Waals surface area contributed by atoms with E-state index in [-0.39, 0.29) is 34.9 Å². The predicted octanol–water partition coefficient (Wildman–Crippen LogP) is 2.59. The fourth-order valence-electron chi connectivity index (χ4n) is 3.67. The van der Waals surface area contributed by atoms with Crippen molar-refractivity contribution >= 4 is 5.91 Å². The predicted molar refractivity (Wildman–Crippen MR) is 106 cm³/mol. The summed E-state index contributed by atoms with van der Waals surface area (Å²) in [7, 11) is 0. The molecule has 0 saturated carbocycles.